The number of hydrogen-bond donors (Lipinski definition) is 1. The summed E-state index contributed by atoms with van der Waals surface area (Å²) in [6.45, 7) is 6.22. The summed E-state index contributed by atoms with van der Waals surface area (Å²) < 4.78 is 5.35. The van der Waals surface area contributed by atoms with Crippen LogP contribution in [0.3, 0.4) is 0 Å². The molecular weight excluding hydrogens is 528 g/mol. The number of ether oxygens (including phenoxy) is 1. The van der Waals surface area contributed by atoms with Crippen LogP contribution < -0.4 is 10.5 Å². The highest BCUT2D eigenvalue weighted by Crippen LogP contribution is 2.50. The first-order chi connectivity index (χ1) is 20.2. The van der Waals surface area contributed by atoms with Gasteiger partial charge in [-0.3, -0.25) is 14.4 Å². The van der Waals surface area contributed by atoms with Gasteiger partial charge in [0.05, 0.1) is 29.7 Å². The summed E-state index contributed by atoms with van der Waals surface area (Å²) in [7, 11) is 0. The van der Waals surface area contributed by atoms with Gasteiger partial charge in [-0.05, 0) is 73.2 Å². The number of aryl methyl sites for hydroxylation is 4. The van der Waals surface area contributed by atoms with Crippen LogP contribution in [0.1, 0.15) is 54.9 Å². The molecule has 42 heavy (non-hydrogen) atoms. The fraction of sp³-hybridized carbons (Fsp3) is 0.278. The van der Waals surface area contributed by atoms with Crippen molar-refractivity contribution < 1.29 is 24.5 Å². The maximum absolute atomic E-state index is 14.0. The molecule has 6 heteroatoms. The molecule has 0 saturated heterocycles. The van der Waals surface area contributed by atoms with E-state index >= 15 is 0 Å². The average Bonchev–Trinajstić information content (AvgIpc) is 3.24. The lowest BCUT2D eigenvalue weighted by molar-refractivity contribution is -0.267. The highest BCUT2D eigenvalue weighted by Gasteiger charge is 2.34. The van der Waals surface area contributed by atoms with Gasteiger partial charge in [0, 0.05) is 28.7 Å². The second kappa shape index (κ2) is 12.1. The molecule has 0 bridgehead atoms. The molecule has 4 aliphatic rings. The van der Waals surface area contributed by atoms with E-state index in [2.05, 4.69) is 0 Å². The average molecular weight is 563 g/mol. The Morgan fingerprint density at radius 3 is 2.07 bits per heavy atom. The van der Waals surface area contributed by atoms with Gasteiger partial charge < -0.3 is 14.9 Å². The van der Waals surface area contributed by atoms with Crippen LogP contribution in [0.25, 0.3) is 44.5 Å². The molecule has 0 atom stereocenters. The zero-order chi connectivity index (χ0) is 30.0. The highest BCUT2D eigenvalue weighted by atomic mass is 16.5. The largest absolute Gasteiger partial charge is 0.859 e. The summed E-state index contributed by atoms with van der Waals surface area (Å²) in [5, 5.41) is 23.3. The summed E-state index contributed by atoms with van der Waals surface area (Å²) in [5.74, 6) is -1.48. The minimum absolute atomic E-state index is 0.0535. The normalized spacial score (nSPS) is 11.4. The van der Waals surface area contributed by atoms with Crippen LogP contribution in [0, 0.1) is 13.8 Å². The Kier molecular flexibility index (Phi) is 8.34. The van der Waals surface area contributed by atoms with Crippen molar-refractivity contribution in [3.8, 4) is 50.3 Å². The molecule has 6 nitrogen and oxygen atoms in total. The number of fused-ring (bicyclic) bond motifs is 2. The molecular formula is C36H34O6. The molecule has 0 aromatic heterocycles. The third-order valence-electron chi connectivity index (χ3n) is 8.00. The van der Waals surface area contributed by atoms with Crippen molar-refractivity contribution in [2.45, 2.75) is 59.3 Å². The van der Waals surface area contributed by atoms with Crippen LogP contribution in [0.5, 0.6) is 5.75 Å². The van der Waals surface area contributed by atoms with Gasteiger partial charge in [-0.2, -0.15) is 0 Å². The number of carboxylic acids is 1. The third-order valence-corrected chi connectivity index (χ3v) is 8.00. The van der Waals surface area contributed by atoms with Crippen LogP contribution in [0.2, 0.25) is 0 Å². The maximum Gasteiger partial charge on any atom is 0.306 e. The van der Waals surface area contributed by atoms with Crippen molar-refractivity contribution >= 4 is 11.9 Å². The van der Waals surface area contributed by atoms with Crippen LogP contribution >= 0.6 is 0 Å². The van der Waals surface area contributed by atoms with Gasteiger partial charge in [0.2, 0.25) is 0 Å². The number of aliphatic carboxylic acids is 1. The monoisotopic (exact) mass is 562 g/mol. The standard InChI is InChI=1S/C36H34O6/c1-4-5-18-42-28(39)17-15-24-11-7-9-13-26-20-22(3)30(32(24)26)34-35(40)33(36(34)41)29-21(2)19-25-12-8-6-10-23(31(25)29)14-16-27(37)38/h6-13,19-20H,4-5,14-18H2,1-3H3,(H-,37,38,40,41). The van der Waals surface area contributed by atoms with Crippen LogP contribution in [0.4, 0.5) is 0 Å². The molecule has 1 aromatic carbocycles. The van der Waals surface area contributed by atoms with Gasteiger partial charge in [-0.1, -0.05) is 61.9 Å². The van der Waals surface area contributed by atoms with E-state index in [-0.39, 0.29) is 47.5 Å². The molecule has 0 radical (unpaired) electrons. The highest BCUT2D eigenvalue weighted by molar-refractivity contribution is 6.03. The first-order valence-corrected chi connectivity index (χ1v) is 14.5. The SMILES string of the molecule is CCCCOC(=O)CCc1ccccc2cc(C)c(-c3c([O-])[c+](-c4c(C)cc5ccccc(CCC(=O)O)c4-5)c3=O)c1-2. The molecule has 4 aliphatic carbocycles. The molecule has 0 unspecified atom stereocenters. The molecule has 1 N–H and O–H groups in total. The number of carboxylic acid groups (broad SMARTS) is 1. The smallest absolute Gasteiger partial charge is 0.306 e. The Balaban J connectivity index is 1.59. The minimum atomic E-state index is -0.907. The number of carbonyl (C=O) groups is 2. The van der Waals surface area contributed by atoms with Crippen molar-refractivity contribution in [3.05, 3.63) is 93.1 Å². The number of unbranched alkanes of at least 4 members (excludes halogenated alkanes) is 1. The first kappa shape index (κ1) is 28.9. The molecule has 0 spiro atoms. The molecule has 0 aliphatic heterocycles. The molecule has 1 aromatic rings. The maximum atomic E-state index is 14.0. The van der Waals surface area contributed by atoms with E-state index < -0.39 is 5.97 Å². The Hall–Kier alpha value is -4.58. The second-order valence-electron chi connectivity index (χ2n) is 10.9. The fourth-order valence-electron chi connectivity index (χ4n) is 6.01. The third kappa shape index (κ3) is 5.37. The number of hydrogen-bond acceptors (Lipinski definition) is 5. The van der Waals surface area contributed by atoms with Gasteiger partial charge in [0.1, 0.15) is 5.56 Å². The van der Waals surface area contributed by atoms with Gasteiger partial charge in [-0.15, -0.1) is 0 Å². The molecule has 0 fully saturated rings. The predicted octanol–water partition coefficient (Wildman–Crippen LogP) is 6.73. The van der Waals surface area contributed by atoms with Gasteiger partial charge >= 0.3 is 11.9 Å². The number of rotatable bonds is 11. The second-order valence-corrected chi connectivity index (χ2v) is 10.9. The fourth-order valence-corrected chi connectivity index (χ4v) is 6.01. The van der Waals surface area contributed by atoms with Crippen molar-refractivity contribution in [1.29, 1.82) is 0 Å². The molecule has 0 amide bonds. The summed E-state index contributed by atoms with van der Waals surface area (Å²) in [6.07, 6.45) is 2.63. The predicted molar refractivity (Wildman–Crippen MR) is 163 cm³/mol. The lowest BCUT2D eigenvalue weighted by atomic mass is 9.84. The number of carbonyl (C=O) groups excluding carboxylic acids is 1. The Bertz CT molecular complexity index is 1740. The summed E-state index contributed by atoms with van der Waals surface area (Å²) in [5.41, 5.74) is 7.87. The molecule has 214 valence electrons. The summed E-state index contributed by atoms with van der Waals surface area (Å²) in [4.78, 5) is 37.7. The molecule has 5 rings (SSSR count). The lowest BCUT2D eigenvalue weighted by Gasteiger charge is -2.20. The van der Waals surface area contributed by atoms with Crippen LogP contribution in [-0.4, -0.2) is 23.7 Å². The van der Waals surface area contributed by atoms with E-state index in [4.69, 9.17) is 4.74 Å². The van der Waals surface area contributed by atoms with Crippen molar-refractivity contribution in [1.82, 2.24) is 0 Å². The summed E-state index contributed by atoms with van der Waals surface area (Å²) >= 11 is 0. The zero-order valence-electron chi connectivity index (χ0n) is 24.2. The first-order valence-electron chi connectivity index (χ1n) is 14.5. The van der Waals surface area contributed by atoms with Crippen molar-refractivity contribution in [2.24, 2.45) is 0 Å². The Morgan fingerprint density at radius 2 is 1.43 bits per heavy atom. The number of esters is 1. The van der Waals surface area contributed by atoms with Gasteiger partial charge in [-0.25, -0.2) is 0 Å². The quantitative estimate of drug-likeness (QED) is 0.109. The van der Waals surface area contributed by atoms with E-state index in [9.17, 15) is 24.6 Å². The van der Waals surface area contributed by atoms with E-state index in [0.717, 1.165) is 57.3 Å². The zero-order valence-corrected chi connectivity index (χ0v) is 24.2. The van der Waals surface area contributed by atoms with Crippen molar-refractivity contribution in [2.75, 3.05) is 6.61 Å². The van der Waals surface area contributed by atoms with Gasteiger partial charge in [0.25, 0.3) is 5.43 Å². The van der Waals surface area contributed by atoms with Crippen molar-refractivity contribution in [3.63, 3.8) is 0 Å². The Labute approximate surface area is 245 Å². The molecule has 0 saturated carbocycles. The van der Waals surface area contributed by atoms with E-state index in [1.165, 1.54) is 0 Å². The summed E-state index contributed by atoms with van der Waals surface area (Å²) in [6, 6.07) is 19.1. The topological polar surface area (TPSA) is 104 Å². The van der Waals surface area contributed by atoms with E-state index in [1.54, 1.807) is 0 Å². The Morgan fingerprint density at radius 1 is 0.833 bits per heavy atom. The van der Waals surface area contributed by atoms with E-state index in [0.29, 0.717) is 24.2 Å². The van der Waals surface area contributed by atoms with Crippen LogP contribution in [0.15, 0.2) is 65.5 Å². The molecule has 0 heterocycles. The minimum Gasteiger partial charge on any atom is -0.859 e. The van der Waals surface area contributed by atoms with E-state index in [1.807, 2.05) is 81.4 Å². The lowest BCUT2D eigenvalue weighted by Crippen LogP contribution is -2.21. The van der Waals surface area contributed by atoms with Crippen LogP contribution in [-0.2, 0) is 27.2 Å². The van der Waals surface area contributed by atoms with Gasteiger partial charge in [0.15, 0.2) is 0 Å².